The molecule has 2 unspecified atom stereocenters. The molecule has 2 aliphatic heterocycles. The Morgan fingerprint density at radius 2 is 1.79 bits per heavy atom. The number of nitrogens with one attached hydrogen (secondary N) is 1. The van der Waals surface area contributed by atoms with Crippen LogP contribution in [0.4, 0.5) is 0 Å². The number of hydrogen-bond donors (Lipinski definition) is 1. The monoisotopic (exact) mass is 370 g/mol. The molecule has 5 heteroatoms. The van der Waals surface area contributed by atoms with E-state index in [0.717, 1.165) is 55.8 Å². The predicted molar refractivity (Wildman–Crippen MR) is 102 cm³/mol. The van der Waals surface area contributed by atoms with Gasteiger partial charge in [-0.1, -0.05) is 37.6 Å². The fraction of sp³-hybridized carbons (Fsp3) is 0.632. The Balaban J connectivity index is 0.00000208. The van der Waals surface area contributed by atoms with Crippen molar-refractivity contribution in [2.75, 3.05) is 13.1 Å². The Kier molecular flexibility index (Phi) is 6.58. The van der Waals surface area contributed by atoms with Crippen LogP contribution in [-0.2, 0) is 10.2 Å². The average Bonchev–Trinajstić information content (AvgIpc) is 2.83. The molecule has 2 heterocycles. The third-order valence-corrected chi connectivity index (χ3v) is 6.15. The maximum Gasteiger partial charge on any atom is 0.233 e. The lowest BCUT2D eigenvalue weighted by molar-refractivity contribution is -0.140. The smallest absolute Gasteiger partial charge is 0.233 e. The summed E-state index contributed by atoms with van der Waals surface area (Å²) in [6.07, 6.45) is 5.02. The zero-order valence-electron chi connectivity index (χ0n) is 14.6. The molecule has 0 spiro atoms. The van der Waals surface area contributed by atoms with E-state index in [-0.39, 0.29) is 12.4 Å². The molecule has 134 valence electrons. The summed E-state index contributed by atoms with van der Waals surface area (Å²) in [4.78, 5) is 15.9. The summed E-state index contributed by atoms with van der Waals surface area (Å²) < 4.78 is 0. The second-order valence-corrected chi connectivity index (χ2v) is 7.32. The number of benzene rings is 1. The number of fused-ring (bicyclic) bond motifs is 2. The highest BCUT2D eigenvalue weighted by atomic mass is 35.5. The summed E-state index contributed by atoms with van der Waals surface area (Å²) >= 11 is 6.05. The molecule has 2 atom stereocenters. The molecule has 24 heavy (non-hydrogen) atoms. The number of nitrogens with zero attached hydrogens (tertiary/aromatic N) is 1. The summed E-state index contributed by atoms with van der Waals surface area (Å²) in [5, 5.41) is 4.21. The van der Waals surface area contributed by atoms with Gasteiger partial charge in [-0.15, -0.1) is 12.4 Å². The third-order valence-electron chi connectivity index (χ3n) is 5.90. The number of amides is 1. The standard InChI is InChI=1S/C19H27ClN2O.ClH/c1-3-19(4-2,14-5-7-15(20)8-6-14)18(23)22-16-9-10-17(22)13-21-12-11-16;/h5-8,16-17,21H,3-4,9-13H2,1-2H3;1H. The van der Waals surface area contributed by atoms with Crippen LogP contribution >= 0.6 is 24.0 Å². The minimum absolute atomic E-state index is 0. The van der Waals surface area contributed by atoms with Crippen molar-refractivity contribution < 1.29 is 4.79 Å². The zero-order valence-corrected chi connectivity index (χ0v) is 16.1. The molecule has 3 nitrogen and oxygen atoms in total. The van der Waals surface area contributed by atoms with Crippen LogP contribution in [0.5, 0.6) is 0 Å². The van der Waals surface area contributed by atoms with E-state index in [4.69, 9.17) is 11.6 Å². The van der Waals surface area contributed by atoms with E-state index in [1.807, 2.05) is 24.3 Å². The number of carbonyl (C=O) groups is 1. The summed E-state index contributed by atoms with van der Waals surface area (Å²) in [6, 6.07) is 8.65. The molecule has 0 aromatic heterocycles. The van der Waals surface area contributed by atoms with Gasteiger partial charge in [-0.05, 0) is 56.3 Å². The van der Waals surface area contributed by atoms with Gasteiger partial charge in [-0.3, -0.25) is 4.79 Å². The van der Waals surface area contributed by atoms with Gasteiger partial charge in [0.05, 0.1) is 5.41 Å². The van der Waals surface area contributed by atoms with Gasteiger partial charge >= 0.3 is 0 Å². The molecule has 1 aromatic carbocycles. The second-order valence-electron chi connectivity index (χ2n) is 6.89. The van der Waals surface area contributed by atoms with Gasteiger partial charge in [0.1, 0.15) is 0 Å². The van der Waals surface area contributed by atoms with Crippen LogP contribution in [0, 0.1) is 0 Å². The maximum atomic E-state index is 13.6. The SMILES string of the molecule is CCC(CC)(C(=O)N1C2CCNCC1CC2)c1ccc(Cl)cc1.Cl. The van der Waals surface area contributed by atoms with Crippen molar-refractivity contribution in [1.82, 2.24) is 10.2 Å². The van der Waals surface area contributed by atoms with E-state index in [1.54, 1.807) is 0 Å². The molecule has 2 saturated heterocycles. The molecule has 0 aliphatic carbocycles. The molecule has 3 rings (SSSR count). The van der Waals surface area contributed by atoms with E-state index in [0.29, 0.717) is 18.0 Å². The lowest BCUT2D eigenvalue weighted by Gasteiger charge is -2.39. The fourth-order valence-electron chi connectivity index (χ4n) is 4.41. The largest absolute Gasteiger partial charge is 0.335 e. The summed E-state index contributed by atoms with van der Waals surface area (Å²) in [5.74, 6) is 0.320. The molecule has 0 radical (unpaired) electrons. The maximum absolute atomic E-state index is 13.6. The Morgan fingerprint density at radius 1 is 1.17 bits per heavy atom. The lowest BCUT2D eigenvalue weighted by Crippen LogP contribution is -2.52. The zero-order chi connectivity index (χ0) is 16.4. The van der Waals surface area contributed by atoms with Crippen molar-refractivity contribution in [2.45, 2.75) is 63.5 Å². The first-order chi connectivity index (χ1) is 11.1. The van der Waals surface area contributed by atoms with Crippen LogP contribution in [0.3, 0.4) is 0 Å². The molecule has 1 N–H and O–H groups in total. The van der Waals surface area contributed by atoms with Gasteiger partial charge in [-0.25, -0.2) is 0 Å². The first-order valence-electron chi connectivity index (χ1n) is 8.92. The molecule has 2 fully saturated rings. The van der Waals surface area contributed by atoms with E-state index >= 15 is 0 Å². The molecular formula is C19H28Cl2N2O. The predicted octanol–water partition coefficient (Wildman–Crippen LogP) is 4.17. The van der Waals surface area contributed by atoms with Crippen LogP contribution in [0.1, 0.15) is 51.5 Å². The Bertz CT molecular complexity index is 543. The normalized spacial score (nSPS) is 23.5. The first kappa shape index (κ1) is 19.6. The van der Waals surface area contributed by atoms with E-state index < -0.39 is 5.41 Å². The highest BCUT2D eigenvalue weighted by Crippen LogP contribution is 2.39. The van der Waals surface area contributed by atoms with Crippen LogP contribution < -0.4 is 5.32 Å². The van der Waals surface area contributed by atoms with Crippen molar-refractivity contribution in [3.63, 3.8) is 0 Å². The van der Waals surface area contributed by atoms with Gasteiger partial charge in [-0.2, -0.15) is 0 Å². The van der Waals surface area contributed by atoms with E-state index in [2.05, 4.69) is 24.1 Å². The highest BCUT2D eigenvalue weighted by molar-refractivity contribution is 6.30. The van der Waals surface area contributed by atoms with E-state index in [1.165, 1.54) is 0 Å². The summed E-state index contributed by atoms with van der Waals surface area (Å²) in [6.45, 7) is 6.23. The molecular weight excluding hydrogens is 343 g/mol. The number of rotatable bonds is 4. The van der Waals surface area contributed by atoms with Crippen LogP contribution in [0.15, 0.2) is 24.3 Å². The molecule has 2 bridgehead atoms. The van der Waals surface area contributed by atoms with Crippen molar-refractivity contribution >= 4 is 29.9 Å². The van der Waals surface area contributed by atoms with Crippen LogP contribution in [0.2, 0.25) is 5.02 Å². The van der Waals surface area contributed by atoms with E-state index in [9.17, 15) is 4.79 Å². The number of halogens is 2. The minimum atomic E-state index is -0.421. The summed E-state index contributed by atoms with van der Waals surface area (Å²) in [5.41, 5.74) is 0.684. The number of carbonyl (C=O) groups excluding carboxylic acids is 1. The second kappa shape index (κ2) is 8.07. The highest BCUT2D eigenvalue weighted by Gasteiger charge is 2.46. The minimum Gasteiger partial charge on any atom is -0.335 e. The molecule has 2 aliphatic rings. The topological polar surface area (TPSA) is 32.3 Å². The Hall–Kier alpha value is -0.770. The average molecular weight is 371 g/mol. The van der Waals surface area contributed by atoms with Crippen molar-refractivity contribution in [2.24, 2.45) is 0 Å². The Labute approximate surface area is 156 Å². The van der Waals surface area contributed by atoms with Gasteiger partial charge in [0, 0.05) is 23.7 Å². The molecule has 0 saturated carbocycles. The van der Waals surface area contributed by atoms with Crippen molar-refractivity contribution in [3.05, 3.63) is 34.9 Å². The van der Waals surface area contributed by atoms with Crippen molar-refractivity contribution in [3.8, 4) is 0 Å². The first-order valence-corrected chi connectivity index (χ1v) is 9.29. The third kappa shape index (κ3) is 3.31. The quantitative estimate of drug-likeness (QED) is 0.862. The molecule has 1 amide bonds. The number of hydrogen-bond acceptors (Lipinski definition) is 2. The van der Waals surface area contributed by atoms with Crippen LogP contribution in [-0.4, -0.2) is 36.0 Å². The van der Waals surface area contributed by atoms with Gasteiger partial charge in [0.15, 0.2) is 0 Å². The molecule has 1 aromatic rings. The van der Waals surface area contributed by atoms with Crippen molar-refractivity contribution in [1.29, 1.82) is 0 Å². The van der Waals surface area contributed by atoms with Gasteiger partial charge in [0.2, 0.25) is 5.91 Å². The van der Waals surface area contributed by atoms with Crippen LogP contribution in [0.25, 0.3) is 0 Å². The summed E-state index contributed by atoms with van der Waals surface area (Å²) in [7, 11) is 0. The lowest BCUT2D eigenvalue weighted by atomic mass is 9.74. The van der Waals surface area contributed by atoms with Gasteiger partial charge in [0.25, 0.3) is 0 Å². The Morgan fingerprint density at radius 3 is 2.42 bits per heavy atom. The van der Waals surface area contributed by atoms with Gasteiger partial charge < -0.3 is 10.2 Å². The fourth-order valence-corrected chi connectivity index (χ4v) is 4.54.